The average Bonchev–Trinajstić information content (AvgIpc) is 3.52. The molecule has 164 valence electrons. The number of nitrogens with one attached hydrogen (secondary N) is 1. The first kappa shape index (κ1) is 19.9. The Hall–Kier alpha value is -3.80. The highest BCUT2D eigenvalue weighted by Crippen LogP contribution is 2.53. The molecule has 1 saturated carbocycles. The molecular weight excluding hydrogens is 414 g/mol. The first-order valence-corrected chi connectivity index (χ1v) is 11.4. The van der Waals surface area contributed by atoms with Crippen molar-refractivity contribution < 1.29 is 14.4 Å². The van der Waals surface area contributed by atoms with Gasteiger partial charge in [-0.05, 0) is 66.6 Å². The third kappa shape index (κ3) is 2.94. The quantitative estimate of drug-likeness (QED) is 0.486. The van der Waals surface area contributed by atoms with Gasteiger partial charge in [-0.2, -0.15) is 0 Å². The molecule has 1 aromatic heterocycles. The Bertz CT molecular complexity index is 1310. The fourth-order valence-electron chi connectivity index (χ4n) is 5.76. The Labute approximate surface area is 191 Å². The molecule has 3 aromatic rings. The minimum absolute atomic E-state index is 0.118. The van der Waals surface area contributed by atoms with E-state index in [-0.39, 0.29) is 41.4 Å². The maximum atomic E-state index is 13.0. The number of rotatable bonds is 4. The number of amides is 3. The second-order valence-electron chi connectivity index (χ2n) is 9.04. The first-order valence-electron chi connectivity index (χ1n) is 11.4. The van der Waals surface area contributed by atoms with E-state index in [1.54, 1.807) is 30.5 Å². The van der Waals surface area contributed by atoms with Gasteiger partial charge in [0.2, 0.25) is 11.8 Å². The van der Waals surface area contributed by atoms with Gasteiger partial charge in [0.05, 0.1) is 28.7 Å². The van der Waals surface area contributed by atoms with Crippen molar-refractivity contribution in [2.24, 2.45) is 23.7 Å². The van der Waals surface area contributed by atoms with E-state index >= 15 is 0 Å². The Balaban J connectivity index is 1.24. The van der Waals surface area contributed by atoms with Crippen LogP contribution in [0.5, 0.6) is 0 Å². The van der Waals surface area contributed by atoms with Crippen LogP contribution >= 0.6 is 0 Å². The summed E-state index contributed by atoms with van der Waals surface area (Å²) in [4.78, 5) is 44.7. The summed E-state index contributed by atoms with van der Waals surface area (Å²) < 4.78 is 0. The van der Waals surface area contributed by atoms with Crippen LogP contribution < -0.4 is 10.2 Å². The van der Waals surface area contributed by atoms with Crippen molar-refractivity contribution in [2.75, 3.05) is 10.2 Å². The summed E-state index contributed by atoms with van der Waals surface area (Å²) in [6.07, 6.45) is 7.71. The van der Waals surface area contributed by atoms with Gasteiger partial charge in [0.15, 0.2) is 0 Å². The van der Waals surface area contributed by atoms with Gasteiger partial charge in [-0.1, -0.05) is 31.2 Å². The van der Waals surface area contributed by atoms with Crippen LogP contribution in [-0.2, 0) is 16.0 Å². The molecule has 6 rings (SSSR count). The summed E-state index contributed by atoms with van der Waals surface area (Å²) in [5.74, 6) is -0.621. The summed E-state index contributed by atoms with van der Waals surface area (Å²) in [5.41, 5.74) is 3.55. The summed E-state index contributed by atoms with van der Waals surface area (Å²) >= 11 is 0. The zero-order valence-corrected chi connectivity index (χ0v) is 18.2. The van der Waals surface area contributed by atoms with Gasteiger partial charge in [0.25, 0.3) is 5.91 Å². The number of anilines is 2. The van der Waals surface area contributed by atoms with Crippen LogP contribution in [-0.4, -0.2) is 22.7 Å². The molecule has 2 aliphatic carbocycles. The van der Waals surface area contributed by atoms with Crippen LogP contribution in [0.1, 0.15) is 29.3 Å². The Morgan fingerprint density at radius 1 is 1.00 bits per heavy atom. The van der Waals surface area contributed by atoms with Crippen molar-refractivity contribution >= 4 is 40.0 Å². The summed E-state index contributed by atoms with van der Waals surface area (Å²) in [6, 6.07) is 14.4. The zero-order valence-electron chi connectivity index (χ0n) is 18.2. The van der Waals surface area contributed by atoms with Crippen molar-refractivity contribution in [3.8, 4) is 0 Å². The molecular formula is C27H23N3O3. The van der Waals surface area contributed by atoms with Crippen molar-refractivity contribution in [3.05, 3.63) is 78.0 Å². The number of hydrogen-bond donors (Lipinski definition) is 1. The van der Waals surface area contributed by atoms with Crippen LogP contribution in [0.3, 0.4) is 0 Å². The maximum absolute atomic E-state index is 13.0. The number of aromatic nitrogens is 1. The molecule has 2 bridgehead atoms. The largest absolute Gasteiger partial charge is 0.320 e. The first-order chi connectivity index (χ1) is 16.1. The lowest BCUT2D eigenvalue weighted by Crippen LogP contribution is -2.32. The van der Waals surface area contributed by atoms with Crippen LogP contribution in [0, 0.1) is 23.7 Å². The van der Waals surface area contributed by atoms with E-state index < -0.39 is 0 Å². The SMILES string of the molecule is CCc1ccnc2c(NC(=O)c3ccc(N4C(=O)C5C6C=CC(C6)C5C4=O)cc3)cccc12. The highest BCUT2D eigenvalue weighted by Gasteiger charge is 2.59. The Morgan fingerprint density at radius 2 is 1.70 bits per heavy atom. The molecule has 3 aliphatic rings. The van der Waals surface area contributed by atoms with Crippen molar-refractivity contribution in [1.82, 2.24) is 4.98 Å². The van der Waals surface area contributed by atoms with Crippen LogP contribution in [0.15, 0.2) is 66.9 Å². The van der Waals surface area contributed by atoms with Crippen LogP contribution in [0.4, 0.5) is 11.4 Å². The van der Waals surface area contributed by atoms with Crippen molar-refractivity contribution in [3.63, 3.8) is 0 Å². The van der Waals surface area contributed by atoms with E-state index in [0.29, 0.717) is 16.9 Å². The highest BCUT2D eigenvalue weighted by molar-refractivity contribution is 6.23. The number of para-hydroxylation sites is 1. The molecule has 4 unspecified atom stereocenters. The number of nitrogens with zero attached hydrogens (tertiary/aromatic N) is 2. The fourth-order valence-corrected chi connectivity index (χ4v) is 5.76. The highest BCUT2D eigenvalue weighted by atomic mass is 16.2. The summed E-state index contributed by atoms with van der Waals surface area (Å²) in [5, 5.41) is 3.98. The number of allylic oxidation sites excluding steroid dienone is 2. The zero-order chi connectivity index (χ0) is 22.7. The van der Waals surface area contributed by atoms with E-state index in [9.17, 15) is 14.4 Å². The molecule has 0 radical (unpaired) electrons. The standard InChI is InChI=1S/C27H23N3O3/c1-2-15-12-13-28-24-20(15)4-3-5-21(24)29-25(31)16-8-10-19(11-9-16)30-26(32)22-17-6-7-18(14-17)23(22)27(30)33/h3-13,17-18,22-23H,2,14H2,1H3,(H,29,31). The molecule has 3 amide bonds. The third-order valence-corrected chi connectivity index (χ3v) is 7.35. The predicted molar refractivity (Wildman–Crippen MR) is 126 cm³/mol. The average molecular weight is 437 g/mol. The van der Waals surface area contributed by atoms with E-state index in [4.69, 9.17) is 0 Å². The number of benzene rings is 2. The number of imide groups is 1. The van der Waals surface area contributed by atoms with Gasteiger partial charge < -0.3 is 5.32 Å². The monoisotopic (exact) mass is 437 g/mol. The topological polar surface area (TPSA) is 79.4 Å². The lowest BCUT2D eigenvalue weighted by molar-refractivity contribution is -0.123. The Morgan fingerprint density at radius 3 is 2.36 bits per heavy atom. The number of pyridine rings is 1. The molecule has 6 heteroatoms. The van der Waals surface area contributed by atoms with Crippen LogP contribution in [0.25, 0.3) is 10.9 Å². The molecule has 33 heavy (non-hydrogen) atoms. The second-order valence-corrected chi connectivity index (χ2v) is 9.04. The summed E-state index contributed by atoms with van der Waals surface area (Å²) in [6.45, 7) is 2.09. The molecule has 1 N–H and O–H groups in total. The summed E-state index contributed by atoms with van der Waals surface area (Å²) in [7, 11) is 0. The lowest BCUT2D eigenvalue weighted by atomic mass is 9.85. The van der Waals surface area contributed by atoms with E-state index in [1.165, 1.54) is 10.5 Å². The number of fused-ring (bicyclic) bond motifs is 6. The van der Waals surface area contributed by atoms with Gasteiger partial charge in [-0.15, -0.1) is 0 Å². The van der Waals surface area contributed by atoms with E-state index in [2.05, 4.69) is 29.4 Å². The minimum Gasteiger partial charge on any atom is -0.320 e. The van der Waals surface area contributed by atoms with Gasteiger partial charge in [0, 0.05) is 17.1 Å². The minimum atomic E-state index is -0.268. The number of carbonyl (C=O) groups is 3. The fraction of sp³-hybridized carbons (Fsp3) is 0.259. The Kier molecular flexibility index (Phi) is 4.43. The van der Waals surface area contributed by atoms with Crippen molar-refractivity contribution in [2.45, 2.75) is 19.8 Å². The third-order valence-electron chi connectivity index (χ3n) is 7.35. The van der Waals surface area contributed by atoms with Gasteiger partial charge in [-0.25, -0.2) is 0 Å². The molecule has 1 saturated heterocycles. The lowest BCUT2D eigenvalue weighted by Gasteiger charge is -2.17. The smallest absolute Gasteiger partial charge is 0.255 e. The predicted octanol–water partition coefficient (Wildman–Crippen LogP) is 4.36. The maximum Gasteiger partial charge on any atom is 0.255 e. The molecule has 1 aliphatic heterocycles. The number of hydrogen-bond acceptors (Lipinski definition) is 4. The van der Waals surface area contributed by atoms with E-state index in [1.807, 2.05) is 24.3 Å². The van der Waals surface area contributed by atoms with Gasteiger partial charge in [0.1, 0.15) is 0 Å². The van der Waals surface area contributed by atoms with Crippen LogP contribution in [0.2, 0.25) is 0 Å². The van der Waals surface area contributed by atoms with Crippen molar-refractivity contribution in [1.29, 1.82) is 0 Å². The van der Waals surface area contributed by atoms with Gasteiger partial charge >= 0.3 is 0 Å². The molecule has 6 nitrogen and oxygen atoms in total. The number of aryl methyl sites for hydroxylation is 1. The number of carbonyl (C=O) groups excluding carboxylic acids is 3. The molecule has 4 atom stereocenters. The molecule has 0 spiro atoms. The normalized spacial score (nSPS) is 25.2. The molecule has 2 heterocycles. The van der Waals surface area contributed by atoms with Gasteiger partial charge in [-0.3, -0.25) is 24.3 Å². The molecule has 2 aromatic carbocycles. The second kappa shape index (κ2) is 7.37. The molecule has 2 fully saturated rings. The van der Waals surface area contributed by atoms with E-state index in [0.717, 1.165) is 23.7 Å².